The molecule has 0 atom stereocenters. The van der Waals surface area contributed by atoms with Crippen LogP contribution in [0.25, 0.3) is 0 Å². The Kier molecular flexibility index (Phi) is 7.37. The van der Waals surface area contributed by atoms with Crippen molar-refractivity contribution in [2.45, 2.75) is 46.6 Å². The van der Waals surface area contributed by atoms with Gasteiger partial charge in [0, 0.05) is 24.7 Å². The van der Waals surface area contributed by atoms with Crippen LogP contribution in [0, 0.1) is 5.92 Å². The summed E-state index contributed by atoms with van der Waals surface area (Å²) in [5.74, 6) is 1.34. The number of hydrogen-bond acceptors (Lipinski definition) is 3. The van der Waals surface area contributed by atoms with E-state index in [-0.39, 0.29) is 5.91 Å². The second-order valence-electron chi connectivity index (χ2n) is 5.88. The smallest absolute Gasteiger partial charge is 0.247 e. The van der Waals surface area contributed by atoms with Crippen LogP contribution in [0.4, 0.5) is 0 Å². The van der Waals surface area contributed by atoms with Crippen molar-refractivity contribution in [2.75, 3.05) is 19.7 Å². The Bertz CT molecular complexity index is 371. The van der Waals surface area contributed by atoms with E-state index in [4.69, 9.17) is 4.74 Å². The molecule has 0 radical (unpaired) electrons. The molecule has 0 fully saturated rings. The minimum absolute atomic E-state index is 0.0225. The Labute approximate surface area is 122 Å². The zero-order valence-electron chi connectivity index (χ0n) is 13.2. The molecular formula is C16H28N2O2. The molecule has 0 heterocycles. The zero-order valence-corrected chi connectivity index (χ0v) is 13.2. The molecule has 0 saturated heterocycles. The molecular weight excluding hydrogens is 252 g/mol. The fourth-order valence-corrected chi connectivity index (χ4v) is 1.87. The maximum atomic E-state index is 12.0. The molecule has 1 aliphatic carbocycles. The summed E-state index contributed by atoms with van der Waals surface area (Å²) in [6, 6.07) is 0.444. The predicted molar refractivity (Wildman–Crippen MR) is 82.3 cm³/mol. The first-order valence-corrected chi connectivity index (χ1v) is 7.54. The number of amides is 1. The minimum Gasteiger partial charge on any atom is -0.494 e. The number of ether oxygens (including phenoxy) is 1. The summed E-state index contributed by atoms with van der Waals surface area (Å²) in [7, 11) is 0. The van der Waals surface area contributed by atoms with Gasteiger partial charge in [-0.15, -0.1) is 0 Å². The van der Waals surface area contributed by atoms with Crippen LogP contribution in [0.2, 0.25) is 0 Å². The van der Waals surface area contributed by atoms with Crippen LogP contribution in [0.15, 0.2) is 23.5 Å². The van der Waals surface area contributed by atoms with Crippen LogP contribution in [0.5, 0.6) is 0 Å². The van der Waals surface area contributed by atoms with Gasteiger partial charge in [-0.3, -0.25) is 4.79 Å². The van der Waals surface area contributed by atoms with E-state index in [1.807, 2.05) is 6.08 Å². The van der Waals surface area contributed by atoms with Gasteiger partial charge in [-0.25, -0.2) is 0 Å². The Morgan fingerprint density at radius 2 is 2.05 bits per heavy atom. The largest absolute Gasteiger partial charge is 0.494 e. The quantitative estimate of drug-likeness (QED) is 0.671. The molecule has 1 rings (SSSR count). The number of nitrogens with one attached hydrogen (secondary N) is 2. The average molecular weight is 280 g/mol. The predicted octanol–water partition coefficient (Wildman–Crippen LogP) is 2.38. The van der Waals surface area contributed by atoms with Crippen LogP contribution in [-0.4, -0.2) is 31.6 Å². The third-order valence-electron chi connectivity index (χ3n) is 2.91. The number of hydrogen-bond donors (Lipinski definition) is 2. The van der Waals surface area contributed by atoms with E-state index in [0.717, 1.165) is 30.7 Å². The van der Waals surface area contributed by atoms with E-state index in [2.05, 4.69) is 44.4 Å². The molecule has 0 spiro atoms. The van der Waals surface area contributed by atoms with E-state index < -0.39 is 0 Å². The van der Waals surface area contributed by atoms with Crippen LogP contribution in [0.3, 0.4) is 0 Å². The van der Waals surface area contributed by atoms with E-state index in [0.29, 0.717) is 25.1 Å². The molecule has 4 nitrogen and oxygen atoms in total. The van der Waals surface area contributed by atoms with E-state index in [1.165, 1.54) is 0 Å². The van der Waals surface area contributed by atoms with Gasteiger partial charge in [-0.1, -0.05) is 27.7 Å². The van der Waals surface area contributed by atoms with E-state index in [1.54, 1.807) is 0 Å². The zero-order chi connectivity index (χ0) is 15.0. The lowest BCUT2D eigenvalue weighted by Crippen LogP contribution is -2.35. The van der Waals surface area contributed by atoms with Gasteiger partial charge < -0.3 is 15.4 Å². The monoisotopic (exact) mass is 280 g/mol. The van der Waals surface area contributed by atoms with Gasteiger partial charge in [-0.2, -0.15) is 0 Å². The van der Waals surface area contributed by atoms with Crippen molar-refractivity contribution in [1.82, 2.24) is 10.6 Å². The molecule has 2 N–H and O–H groups in total. The Balaban J connectivity index is 2.37. The van der Waals surface area contributed by atoms with Crippen LogP contribution >= 0.6 is 0 Å². The van der Waals surface area contributed by atoms with Gasteiger partial charge in [0.25, 0.3) is 0 Å². The lowest BCUT2D eigenvalue weighted by molar-refractivity contribution is -0.117. The SMILES string of the molecule is CC(C)COC1=CCCC(C(=O)NCCNC(C)C)=C1. The normalized spacial score (nSPS) is 15.1. The summed E-state index contributed by atoms with van der Waals surface area (Å²) in [4.78, 5) is 12.0. The summed E-state index contributed by atoms with van der Waals surface area (Å²) in [6.07, 6.45) is 5.59. The van der Waals surface area contributed by atoms with Gasteiger partial charge in [-0.05, 0) is 30.9 Å². The lowest BCUT2D eigenvalue weighted by Gasteiger charge is -2.16. The van der Waals surface area contributed by atoms with Gasteiger partial charge in [0.2, 0.25) is 5.91 Å². The number of allylic oxidation sites excluding steroid dienone is 2. The van der Waals surface area contributed by atoms with Crippen LogP contribution < -0.4 is 10.6 Å². The van der Waals surface area contributed by atoms with E-state index in [9.17, 15) is 4.79 Å². The first-order valence-electron chi connectivity index (χ1n) is 7.54. The Morgan fingerprint density at radius 3 is 2.70 bits per heavy atom. The van der Waals surface area contributed by atoms with Crippen molar-refractivity contribution >= 4 is 5.91 Å². The highest BCUT2D eigenvalue weighted by Crippen LogP contribution is 2.18. The fraction of sp³-hybridized carbons (Fsp3) is 0.688. The van der Waals surface area contributed by atoms with Crippen LogP contribution in [0.1, 0.15) is 40.5 Å². The summed E-state index contributed by atoms with van der Waals surface area (Å²) in [5.41, 5.74) is 0.816. The minimum atomic E-state index is 0.0225. The van der Waals surface area contributed by atoms with Gasteiger partial charge in [0.1, 0.15) is 5.76 Å². The molecule has 1 amide bonds. The summed E-state index contributed by atoms with van der Waals surface area (Å²) >= 11 is 0. The van der Waals surface area contributed by atoms with Gasteiger partial charge in [0.05, 0.1) is 6.61 Å². The molecule has 4 heteroatoms. The van der Waals surface area contributed by atoms with Crippen LogP contribution in [-0.2, 0) is 9.53 Å². The van der Waals surface area contributed by atoms with Gasteiger partial charge >= 0.3 is 0 Å². The molecule has 114 valence electrons. The topological polar surface area (TPSA) is 50.4 Å². The third kappa shape index (κ3) is 6.75. The molecule has 0 aliphatic heterocycles. The molecule has 0 aromatic carbocycles. The molecule has 0 bridgehead atoms. The Morgan fingerprint density at radius 1 is 1.30 bits per heavy atom. The maximum absolute atomic E-state index is 12.0. The van der Waals surface area contributed by atoms with Crippen molar-refractivity contribution in [3.05, 3.63) is 23.5 Å². The standard InChI is InChI=1S/C16H28N2O2/c1-12(2)11-20-15-7-5-6-14(10-15)16(19)18-9-8-17-13(3)4/h7,10,12-13,17H,5-6,8-9,11H2,1-4H3,(H,18,19). The highest BCUT2D eigenvalue weighted by molar-refractivity contribution is 5.94. The summed E-state index contributed by atoms with van der Waals surface area (Å²) in [6.45, 7) is 10.5. The molecule has 0 unspecified atom stereocenters. The second-order valence-corrected chi connectivity index (χ2v) is 5.88. The molecule has 0 aromatic heterocycles. The maximum Gasteiger partial charge on any atom is 0.247 e. The highest BCUT2D eigenvalue weighted by Gasteiger charge is 2.13. The first kappa shape index (κ1) is 16.8. The third-order valence-corrected chi connectivity index (χ3v) is 2.91. The number of rotatable bonds is 8. The molecule has 1 aliphatic rings. The van der Waals surface area contributed by atoms with Gasteiger partial charge in [0.15, 0.2) is 0 Å². The van der Waals surface area contributed by atoms with Crippen molar-refractivity contribution in [3.8, 4) is 0 Å². The molecule has 0 saturated carbocycles. The molecule has 20 heavy (non-hydrogen) atoms. The number of carbonyl (C=O) groups excluding carboxylic acids is 1. The fourth-order valence-electron chi connectivity index (χ4n) is 1.87. The second kappa shape index (κ2) is 8.80. The highest BCUT2D eigenvalue weighted by atomic mass is 16.5. The lowest BCUT2D eigenvalue weighted by atomic mass is 10.0. The van der Waals surface area contributed by atoms with Crippen molar-refractivity contribution in [3.63, 3.8) is 0 Å². The van der Waals surface area contributed by atoms with E-state index >= 15 is 0 Å². The summed E-state index contributed by atoms with van der Waals surface area (Å²) in [5, 5.41) is 6.22. The molecule has 0 aromatic rings. The first-order chi connectivity index (χ1) is 9.49. The Hall–Kier alpha value is -1.29. The number of carbonyl (C=O) groups is 1. The van der Waals surface area contributed by atoms with Crippen molar-refractivity contribution in [2.24, 2.45) is 5.92 Å². The van der Waals surface area contributed by atoms with Crippen molar-refractivity contribution < 1.29 is 9.53 Å². The summed E-state index contributed by atoms with van der Waals surface area (Å²) < 4.78 is 5.67. The average Bonchev–Trinajstić information content (AvgIpc) is 2.41. The van der Waals surface area contributed by atoms with Crippen molar-refractivity contribution in [1.29, 1.82) is 0 Å².